The summed E-state index contributed by atoms with van der Waals surface area (Å²) in [7, 11) is 1.29. The highest BCUT2D eigenvalue weighted by molar-refractivity contribution is 5.91. The van der Waals surface area contributed by atoms with Crippen molar-refractivity contribution in [2.24, 2.45) is 28.6 Å². The number of methoxy groups -OCH3 is 1. The van der Waals surface area contributed by atoms with Gasteiger partial charge in [-0.05, 0) is 49.5 Å². The fourth-order valence-electron chi connectivity index (χ4n) is 9.31. The average molecular weight is 648 g/mol. The van der Waals surface area contributed by atoms with Crippen LogP contribution in [0.4, 0.5) is 0 Å². The molecule has 6 rings (SSSR count). The first-order valence-corrected chi connectivity index (χ1v) is 15.9. The fraction of sp³-hybridized carbons (Fsp3) is 0.528. The minimum atomic E-state index is -1.19. The Bertz CT molecular complexity index is 1610. The standard InChI is InChI=1S/C36H41NO10/c1-19-29(34(5)14-13-27(40)47-33(3,4)24(34)17-28(41)43-7)30(44-20(2)38)31(45-32(42)21-11-9-8-10-12-21)35(6)23(16-25-36(19,35)46-25)22-15-26(39)37-18-22/h8-15,23-25,29-31H,1,16-18H2,2-7H3,(H,37,39)/t23-,24-,25+,29+,30+,31-,34-,35+,36+/m0/s1. The van der Waals surface area contributed by atoms with Crippen molar-refractivity contribution < 1.29 is 47.7 Å². The molecule has 250 valence electrons. The quantitative estimate of drug-likeness (QED) is 0.201. The van der Waals surface area contributed by atoms with Crippen LogP contribution in [-0.4, -0.2) is 73.0 Å². The molecule has 0 bridgehead atoms. The second-order valence-electron chi connectivity index (χ2n) is 14.2. The van der Waals surface area contributed by atoms with E-state index in [1.165, 1.54) is 20.1 Å². The van der Waals surface area contributed by atoms with Crippen LogP contribution in [0.5, 0.6) is 0 Å². The summed E-state index contributed by atoms with van der Waals surface area (Å²) in [5, 5.41) is 2.85. The average Bonchev–Trinajstić information content (AvgIpc) is 3.52. The predicted molar refractivity (Wildman–Crippen MR) is 166 cm³/mol. The van der Waals surface area contributed by atoms with E-state index >= 15 is 0 Å². The first kappa shape index (κ1) is 32.7. The molecule has 3 heterocycles. The number of epoxide rings is 1. The van der Waals surface area contributed by atoms with Crippen molar-refractivity contribution in [3.05, 3.63) is 71.8 Å². The van der Waals surface area contributed by atoms with Crippen molar-refractivity contribution in [2.75, 3.05) is 13.7 Å². The highest BCUT2D eigenvalue weighted by atomic mass is 16.6. The molecule has 1 aromatic rings. The number of rotatable bonds is 7. The van der Waals surface area contributed by atoms with Gasteiger partial charge in [0.1, 0.15) is 23.4 Å². The van der Waals surface area contributed by atoms with Crippen LogP contribution in [-0.2, 0) is 42.9 Å². The summed E-state index contributed by atoms with van der Waals surface area (Å²) < 4.78 is 30.2. The molecule has 2 saturated carbocycles. The van der Waals surface area contributed by atoms with Crippen LogP contribution in [0.25, 0.3) is 0 Å². The summed E-state index contributed by atoms with van der Waals surface area (Å²) in [5.41, 5.74) is -2.67. The molecule has 1 saturated heterocycles. The van der Waals surface area contributed by atoms with Crippen LogP contribution < -0.4 is 5.32 Å². The lowest BCUT2D eigenvalue weighted by Crippen LogP contribution is -2.67. The van der Waals surface area contributed by atoms with Gasteiger partial charge in [0.15, 0.2) is 0 Å². The maximum absolute atomic E-state index is 13.9. The van der Waals surface area contributed by atoms with Gasteiger partial charge < -0.3 is 29.0 Å². The molecular weight excluding hydrogens is 606 g/mol. The Morgan fingerprint density at radius 3 is 2.38 bits per heavy atom. The van der Waals surface area contributed by atoms with Gasteiger partial charge in [0.25, 0.3) is 0 Å². The number of amides is 1. The van der Waals surface area contributed by atoms with Crippen LogP contribution >= 0.6 is 0 Å². The van der Waals surface area contributed by atoms with E-state index < -0.39 is 70.0 Å². The zero-order valence-corrected chi connectivity index (χ0v) is 27.5. The number of carbonyl (C=O) groups excluding carboxylic acids is 5. The van der Waals surface area contributed by atoms with Crippen molar-refractivity contribution in [2.45, 2.75) is 77.0 Å². The highest BCUT2D eigenvalue weighted by Crippen LogP contribution is 2.75. The van der Waals surface area contributed by atoms with Gasteiger partial charge in [-0.25, -0.2) is 9.59 Å². The lowest BCUT2D eigenvalue weighted by molar-refractivity contribution is -0.197. The summed E-state index contributed by atoms with van der Waals surface area (Å²) in [4.78, 5) is 65.2. The normalized spacial score (nSPS) is 38.2. The number of hydrogen-bond donors (Lipinski definition) is 1. The molecule has 1 amide bonds. The molecule has 3 fully saturated rings. The van der Waals surface area contributed by atoms with E-state index in [4.69, 9.17) is 23.7 Å². The Hall–Kier alpha value is -4.25. The SMILES string of the molecule is C=C1[C@@H]([C@@]2(C)C=CC(=O)OC(C)(C)[C@@H]2CC(=O)OC)[C@@H](OC(C)=O)[C@H](OC(=O)c2ccccc2)[C@@]2(C)[C@H](C3=CC(=O)NC3)C[C@H]3O[C@]132. The van der Waals surface area contributed by atoms with Gasteiger partial charge in [0.05, 0.1) is 30.6 Å². The molecule has 0 aromatic heterocycles. The van der Waals surface area contributed by atoms with Crippen molar-refractivity contribution in [3.63, 3.8) is 0 Å². The smallest absolute Gasteiger partial charge is 0.338 e. The number of cyclic esters (lactones) is 1. The first-order valence-electron chi connectivity index (χ1n) is 15.9. The monoisotopic (exact) mass is 647 g/mol. The van der Waals surface area contributed by atoms with E-state index in [1.54, 1.807) is 56.3 Å². The number of benzene rings is 1. The summed E-state index contributed by atoms with van der Waals surface area (Å²) in [6, 6.07) is 8.51. The number of hydrogen-bond acceptors (Lipinski definition) is 10. The molecule has 1 spiro atoms. The molecule has 11 nitrogen and oxygen atoms in total. The van der Waals surface area contributed by atoms with Crippen LogP contribution in [0.3, 0.4) is 0 Å². The van der Waals surface area contributed by atoms with E-state index in [-0.39, 0.29) is 24.3 Å². The first-order chi connectivity index (χ1) is 22.1. The van der Waals surface area contributed by atoms with Gasteiger partial charge in [-0.15, -0.1) is 0 Å². The third-order valence-corrected chi connectivity index (χ3v) is 11.3. The van der Waals surface area contributed by atoms with Crippen molar-refractivity contribution in [1.29, 1.82) is 0 Å². The Kier molecular flexibility index (Phi) is 7.77. The minimum absolute atomic E-state index is 0.138. The van der Waals surface area contributed by atoms with Crippen LogP contribution in [0.1, 0.15) is 57.8 Å². The Morgan fingerprint density at radius 2 is 1.77 bits per heavy atom. The lowest BCUT2D eigenvalue weighted by Gasteiger charge is -2.58. The van der Waals surface area contributed by atoms with Gasteiger partial charge in [-0.2, -0.15) is 0 Å². The highest BCUT2D eigenvalue weighted by Gasteiger charge is 2.84. The second-order valence-corrected chi connectivity index (χ2v) is 14.2. The molecule has 1 aromatic carbocycles. The molecule has 3 aliphatic heterocycles. The summed E-state index contributed by atoms with van der Waals surface area (Å²) >= 11 is 0. The number of ether oxygens (including phenoxy) is 5. The Morgan fingerprint density at radius 1 is 1.06 bits per heavy atom. The molecule has 1 N–H and O–H groups in total. The van der Waals surface area contributed by atoms with Gasteiger partial charge in [0, 0.05) is 42.9 Å². The van der Waals surface area contributed by atoms with Gasteiger partial charge >= 0.3 is 23.9 Å². The minimum Gasteiger partial charge on any atom is -0.469 e. The number of carbonyl (C=O) groups is 5. The van der Waals surface area contributed by atoms with Gasteiger partial charge in [-0.1, -0.05) is 44.7 Å². The van der Waals surface area contributed by atoms with Crippen molar-refractivity contribution >= 4 is 29.8 Å². The molecule has 11 heteroatoms. The maximum atomic E-state index is 13.9. The van der Waals surface area contributed by atoms with E-state index in [0.29, 0.717) is 24.1 Å². The number of allylic oxidation sites excluding steroid dienone is 1. The molecule has 0 radical (unpaired) electrons. The van der Waals surface area contributed by atoms with Crippen LogP contribution in [0.2, 0.25) is 0 Å². The van der Waals surface area contributed by atoms with E-state index in [9.17, 15) is 24.0 Å². The van der Waals surface area contributed by atoms with Crippen LogP contribution in [0.15, 0.2) is 66.3 Å². The lowest BCUT2D eigenvalue weighted by atomic mass is 9.48. The zero-order chi connectivity index (χ0) is 34.1. The summed E-state index contributed by atoms with van der Waals surface area (Å²) in [6.07, 6.45) is 2.38. The third-order valence-electron chi connectivity index (χ3n) is 11.3. The van der Waals surface area contributed by atoms with E-state index in [1.807, 2.05) is 13.8 Å². The summed E-state index contributed by atoms with van der Waals surface area (Å²) in [6.45, 7) is 13.5. The zero-order valence-electron chi connectivity index (χ0n) is 27.5. The van der Waals surface area contributed by atoms with Crippen LogP contribution in [0, 0.1) is 28.6 Å². The maximum Gasteiger partial charge on any atom is 0.338 e. The largest absolute Gasteiger partial charge is 0.469 e. The second kappa shape index (κ2) is 11.2. The van der Waals surface area contributed by atoms with E-state index in [2.05, 4.69) is 11.9 Å². The Labute approximate surface area is 273 Å². The molecule has 0 unspecified atom stereocenters. The topological polar surface area (TPSA) is 147 Å². The van der Waals surface area contributed by atoms with Crippen molar-refractivity contribution in [3.8, 4) is 0 Å². The third kappa shape index (κ3) is 4.92. The molecule has 47 heavy (non-hydrogen) atoms. The number of esters is 4. The molecular formula is C36H41NO10. The molecule has 2 aliphatic carbocycles. The molecule has 9 atom stereocenters. The van der Waals surface area contributed by atoms with Gasteiger partial charge in [-0.3, -0.25) is 14.4 Å². The predicted octanol–water partition coefficient (Wildman–Crippen LogP) is 3.63. The summed E-state index contributed by atoms with van der Waals surface area (Å²) in [5.74, 6) is -4.40. The van der Waals surface area contributed by atoms with Crippen molar-refractivity contribution in [1.82, 2.24) is 5.32 Å². The van der Waals surface area contributed by atoms with Gasteiger partial charge in [0.2, 0.25) is 5.91 Å². The fourth-order valence-corrected chi connectivity index (χ4v) is 9.31. The Balaban J connectivity index is 1.57. The van der Waals surface area contributed by atoms with E-state index in [0.717, 1.165) is 5.57 Å². The molecule has 5 aliphatic rings. The number of nitrogens with one attached hydrogen (secondary N) is 1.